The maximum atomic E-state index is 12.5. The highest BCUT2D eigenvalue weighted by atomic mass is 79.9. The lowest BCUT2D eigenvalue weighted by atomic mass is 10.1. The molecule has 0 atom stereocenters. The summed E-state index contributed by atoms with van der Waals surface area (Å²) in [5, 5.41) is 5.73. The van der Waals surface area contributed by atoms with Crippen molar-refractivity contribution in [2.75, 3.05) is 6.61 Å². The first-order valence-electron chi connectivity index (χ1n) is 11.8. The van der Waals surface area contributed by atoms with Gasteiger partial charge in [-0.2, -0.15) is 5.10 Å². The van der Waals surface area contributed by atoms with E-state index >= 15 is 0 Å². The third-order valence-corrected chi connectivity index (χ3v) is 6.75. The zero-order chi connectivity index (χ0) is 24.4. The number of rotatable bonds is 8. The van der Waals surface area contributed by atoms with Crippen molar-refractivity contribution in [3.63, 3.8) is 0 Å². The maximum absolute atomic E-state index is 12.5. The first kappa shape index (κ1) is 23.2. The van der Waals surface area contributed by atoms with E-state index in [1.807, 2.05) is 42.6 Å². The van der Waals surface area contributed by atoms with Gasteiger partial charge in [-0.25, -0.2) is 19.4 Å². The zero-order valence-corrected chi connectivity index (χ0v) is 21.3. The lowest BCUT2D eigenvalue weighted by molar-refractivity contribution is 0.0526. The number of nitrogens with zero attached hydrogens (tertiary/aromatic N) is 5. The molecular formula is C27H26BrN5O2. The number of carbonyl (C=O) groups is 1. The predicted molar refractivity (Wildman–Crippen MR) is 140 cm³/mol. The number of unbranched alkanes of at least 4 members (excludes halogenated alkanes) is 1. The Morgan fingerprint density at radius 3 is 2.74 bits per heavy atom. The van der Waals surface area contributed by atoms with Crippen LogP contribution in [0.4, 0.5) is 0 Å². The van der Waals surface area contributed by atoms with Crippen molar-refractivity contribution >= 4 is 44.0 Å². The number of fused-ring (bicyclic) bond motifs is 2. The van der Waals surface area contributed by atoms with Gasteiger partial charge in [-0.05, 0) is 71.2 Å². The number of aromatic nitrogens is 5. The Morgan fingerprint density at radius 1 is 1.06 bits per heavy atom. The van der Waals surface area contributed by atoms with Gasteiger partial charge in [-0.3, -0.25) is 0 Å². The smallest absolute Gasteiger partial charge is 0.340 e. The molecule has 5 aromatic rings. The van der Waals surface area contributed by atoms with Gasteiger partial charge in [0.25, 0.3) is 0 Å². The minimum atomic E-state index is -0.366. The van der Waals surface area contributed by atoms with Crippen molar-refractivity contribution in [3.8, 4) is 5.69 Å². The SMILES string of the molecule is CCCCc1nc2cccnc2n1Cc1ccc2nn(-c3ccccc3C(=O)OCC)c(Br)c2c1. The van der Waals surface area contributed by atoms with Gasteiger partial charge in [0, 0.05) is 18.0 Å². The van der Waals surface area contributed by atoms with E-state index in [-0.39, 0.29) is 5.97 Å². The Bertz CT molecular complexity index is 1520. The third kappa shape index (κ3) is 4.46. The van der Waals surface area contributed by atoms with Gasteiger partial charge in [0.1, 0.15) is 15.9 Å². The number of benzene rings is 2. The summed E-state index contributed by atoms with van der Waals surface area (Å²) < 4.78 is 9.99. The molecule has 0 saturated carbocycles. The van der Waals surface area contributed by atoms with E-state index in [4.69, 9.17) is 14.8 Å². The molecule has 2 aromatic carbocycles. The van der Waals surface area contributed by atoms with Gasteiger partial charge < -0.3 is 9.30 Å². The van der Waals surface area contributed by atoms with E-state index in [1.54, 1.807) is 17.7 Å². The third-order valence-electron chi connectivity index (χ3n) is 5.98. The minimum absolute atomic E-state index is 0.316. The summed E-state index contributed by atoms with van der Waals surface area (Å²) >= 11 is 3.73. The number of esters is 1. The Hall–Kier alpha value is -3.52. The number of hydrogen-bond donors (Lipinski definition) is 0. The summed E-state index contributed by atoms with van der Waals surface area (Å²) in [4.78, 5) is 22.0. The normalized spacial score (nSPS) is 11.4. The van der Waals surface area contributed by atoms with E-state index in [1.165, 1.54) is 0 Å². The molecule has 0 unspecified atom stereocenters. The summed E-state index contributed by atoms with van der Waals surface area (Å²) in [6.07, 6.45) is 4.93. The van der Waals surface area contributed by atoms with Crippen LogP contribution in [0.5, 0.6) is 0 Å². The number of carbonyl (C=O) groups excluding carboxylic acids is 1. The number of aryl methyl sites for hydroxylation is 1. The summed E-state index contributed by atoms with van der Waals surface area (Å²) in [6, 6.07) is 17.5. The molecule has 0 amide bonds. The highest BCUT2D eigenvalue weighted by molar-refractivity contribution is 9.10. The number of imidazole rings is 1. The Balaban J connectivity index is 1.55. The van der Waals surface area contributed by atoms with Gasteiger partial charge in [0.2, 0.25) is 0 Å². The first-order chi connectivity index (χ1) is 17.1. The lowest BCUT2D eigenvalue weighted by Gasteiger charge is -2.10. The number of hydrogen-bond acceptors (Lipinski definition) is 5. The van der Waals surface area contributed by atoms with Crippen molar-refractivity contribution in [1.29, 1.82) is 0 Å². The average Bonchev–Trinajstić information content (AvgIpc) is 3.40. The Morgan fingerprint density at radius 2 is 1.91 bits per heavy atom. The molecule has 0 bridgehead atoms. The number of para-hydroxylation sites is 1. The standard InChI is InChI=1S/C27H26BrN5O2/c1-3-5-12-24-30-22-10-8-15-29-26(22)32(24)17-18-13-14-21-20(16-18)25(28)33(31-21)23-11-7-6-9-19(23)27(34)35-4-2/h6-11,13-16H,3-5,12,17H2,1-2H3. The van der Waals surface area contributed by atoms with Gasteiger partial charge in [0.15, 0.2) is 5.65 Å². The monoisotopic (exact) mass is 531 g/mol. The molecule has 0 saturated heterocycles. The second-order valence-corrected chi connectivity index (χ2v) is 9.11. The molecular weight excluding hydrogens is 506 g/mol. The molecule has 178 valence electrons. The van der Waals surface area contributed by atoms with Gasteiger partial charge >= 0.3 is 5.97 Å². The quantitative estimate of drug-likeness (QED) is 0.226. The molecule has 3 heterocycles. The summed E-state index contributed by atoms with van der Waals surface area (Å²) in [7, 11) is 0. The van der Waals surface area contributed by atoms with Crippen LogP contribution in [0.3, 0.4) is 0 Å². The Kier molecular flexibility index (Phi) is 6.63. The fraction of sp³-hybridized carbons (Fsp3) is 0.259. The maximum Gasteiger partial charge on any atom is 0.340 e. The Labute approximate surface area is 211 Å². The lowest BCUT2D eigenvalue weighted by Crippen LogP contribution is -2.10. The zero-order valence-electron chi connectivity index (χ0n) is 19.7. The molecule has 0 fully saturated rings. The average molecular weight is 532 g/mol. The van der Waals surface area contributed by atoms with Crippen LogP contribution >= 0.6 is 15.9 Å². The van der Waals surface area contributed by atoms with Crippen LogP contribution in [0, 0.1) is 0 Å². The molecule has 0 N–H and O–H groups in total. The van der Waals surface area contributed by atoms with Crippen molar-refractivity contribution < 1.29 is 9.53 Å². The molecule has 7 nitrogen and oxygen atoms in total. The van der Waals surface area contributed by atoms with Crippen LogP contribution in [0.2, 0.25) is 0 Å². The number of pyridine rings is 1. The summed E-state index contributed by atoms with van der Waals surface area (Å²) in [5.41, 5.74) is 4.92. The van der Waals surface area contributed by atoms with Crippen molar-refractivity contribution in [3.05, 3.63) is 82.3 Å². The highest BCUT2D eigenvalue weighted by Gasteiger charge is 2.19. The molecule has 0 spiro atoms. The molecule has 0 radical (unpaired) electrons. The van der Waals surface area contributed by atoms with E-state index in [2.05, 4.69) is 44.5 Å². The molecule has 3 aromatic heterocycles. The van der Waals surface area contributed by atoms with Crippen LogP contribution in [0.25, 0.3) is 27.8 Å². The van der Waals surface area contributed by atoms with E-state index in [0.717, 1.165) is 57.3 Å². The predicted octanol–water partition coefficient (Wildman–Crippen LogP) is 6.10. The minimum Gasteiger partial charge on any atom is -0.462 e. The van der Waals surface area contributed by atoms with Crippen LogP contribution < -0.4 is 0 Å². The van der Waals surface area contributed by atoms with Crippen LogP contribution in [-0.2, 0) is 17.7 Å². The summed E-state index contributed by atoms with van der Waals surface area (Å²) in [6.45, 7) is 4.97. The van der Waals surface area contributed by atoms with Gasteiger partial charge in [-0.15, -0.1) is 0 Å². The van der Waals surface area contributed by atoms with Crippen molar-refractivity contribution in [2.24, 2.45) is 0 Å². The number of ether oxygens (including phenoxy) is 1. The molecule has 0 aliphatic rings. The second-order valence-electron chi connectivity index (χ2n) is 8.36. The van der Waals surface area contributed by atoms with Gasteiger partial charge in [0.05, 0.1) is 29.9 Å². The van der Waals surface area contributed by atoms with Crippen molar-refractivity contribution in [2.45, 2.75) is 39.7 Å². The molecule has 5 rings (SSSR count). The highest BCUT2D eigenvalue weighted by Crippen LogP contribution is 2.30. The molecule has 0 aliphatic heterocycles. The topological polar surface area (TPSA) is 74.8 Å². The van der Waals surface area contributed by atoms with Crippen LogP contribution in [0.15, 0.2) is 65.4 Å². The van der Waals surface area contributed by atoms with Crippen molar-refractivity contribution in [1.82, 2.24) is 24.3 Å². The molecule has 8 heteroatoms. The van der Waals surface area contributed by atoms with Crippen LogP contribution in [-0.4, -0.2) is 36.9 Å². The van der Waals surface area contributed by atoms with E-state index in [9.17, 15) is 4.79 Å². The first-order valence-corrected chi connectivity index (χ1v) is 12.6. The fourth-order valence-electron chi connectivity index (χ4n) is 4.28. The number of halogens is 1. The summed E-state index contributed by atoms with van der Waals surface area (Å²) in [5.74, 6) is 0.688. The molecule has 0 aliphatic carbocycles. The van der Waals surface area contributed by atoms with Crippen LogP contribution in [0.1, 0.15) is 48.4 Å². The fourth-order valence-corrected chi connectivity index (χ4v) is 4.87. The van der Waals surface area contributed by atoms with E-state index in [0.29, 0.717) is 24.4 Å². The molecule has 35 heavy (non-hydrogen) atoms. The second kappa shape index (κ2) is 10.00. The largest absolute Gasteiger partial charge is 0.462 e. The van der Waals surface area contributed by atoms with E-state index < -0.39 is 0 Å². The van der Waals surface area contributed by atoms with Gasteiger partial charge in [-0.1, -0.05) is 31.5 Å².